The van der Waals surface area contributed by atoms with Gasteiger partial charge in [0.25, 0.3) is 11.5 Å². The SMILES string of the molecule is C1CCOC1.CC.CC.CO.COc1cc(CN2CCCCC2)cc2[nH]c(=O)c(-c3cccc(C(=O)N(C)SC)c3)nc12. The van der Waals surface area contributed by atoms with Crippen molar-refractivity contribution in [1.29, 1.82) is 0 Å². The van der Waals surface area contributed by atoms with Crippen LogP contribution in [-0.4, -0.2) is 84.0 Å². The average molecular weight is 617 g/mol. The van der Waals surface area contributed by atoms with E-state index in [0.717, 1.165) is 45.5 Å². The molecule has 5 rings (SSSR count). The van der Waals surface area contributed by atoms with Gasteiger partial charge in [0.2, 0.25) is 0 Å². The van der Waals surface area contributed by atoms with E-state index in [9.17, 15) is 9.59 Å². The van der Waals surface area contributed by atoms with Gasteiger partial charge < -0.3 is 19.6 Å². The molecule has 1 amide bonds. The van der Waals surface area contributed by atoms with Gasteiger partial charge in [0.15, 0.2) is 0 Å². The Kier molecular flexibility index (Phi) is 19.2. The molecule has 2 aliphatic rings. The summed E-state index contributed by atoms with van der Waals surface area (Å²) in [5.74, 6) is 0.498. The molecule has 0 saturated carbocycles. The highest BCUT2D eigenvalue weighted by Crippen LogP contribution is 2.27. The predicted octanol–water partition coefficient (Wildman–Crippen LogP) is 6.39. The molecular formula is C33H52N4O5S. The number of likely N-dealkylation sites (tertiary alicyclic amines) is 1. The third-order valence-electron chi connectivity index (χ3n) is 6.67. The number of rotatable bonds is 6. The number of carbonyl (C=O) groups excluding carboxylic acids is 1. The summed E-state index contributed by atoms with van der Waals surface area (Å²) < 4.78 is 12.1. The molecule has 2 saturated heterocycles. The Morgan fingerprint density at radius 3 is 2.26 bits per heavy atom. The van der Waals surface area contributed by atoms with Crippen molar-refractivity contribution in [3.05, 3.63) is 57.9 Å². The minimum absolute atomic E-state index is 0.128. The van der Waals surface area contributed by atoms with Gasteiger partial charge in [-0.3, -0.25) is 18.8 Å². The van der Waals surface area contributed by atoms with Crippen molar-refractivity contribution in [3.8, 4) is 17.0 Å². The molecule has 10 heteroatoms. The molecule has 0 bridgehead atoms. The number of fused-ring (bicyclic) bond motifs is 1. The number of nitrogens with zero attached hydrogens (tertiary/aromatic N) is 3. The van der Waals surface area contributed by atoms with Gasteiger partial charge in [-0.05, 0) is 68.6 Å². The van der Waals surface area contributed by atoms with Crippen LogP contribution >= 0.6 is 11.9 Å². The van der Waals surface area contributed by atoms with Gasteiger partial charge in [-0.25, -0.2) is 4.98 Å². The number of aliphatic hydroxyl groups excluding tert-OH is 1. The van der Waals surface area contributed by atoms with Crippen LogP contribution in [0.4, 0.5) is 0 Å². The quantitative estimate of drug-likeness (QED) is 0.307. The van der Waals surface area contributed by atoms with Gasteiger partial charge in [-0.1, -0.05) is 58.2 Å². The first kappa shape index (κ1) is 38.1. The van der Waals surface area contributed by atoms with E-state index in [-0.39, 0.29) is 17.2 Å². The molecule has 240 valence electrons. The van der Waals surface area contributed by atoms with Crippen molar-refractivity contribution in [2.24, 2.45) is 0 Å². The molecule has 2 N–H and O–H groups in total. The van der Waals surface area contributed by atoms with Crippen molar-refractivity contribution in [1.82, 2.24) is 19.2 Å². The first-order valence-electron chi connectivity index (χ1n) is 15.3. The Hall–Kier alpha value is -2.92. The van der Waals surface area contributed by atoms with Gasteiger partial charge in [0.05, 0.1) is 12.6 Å². The fraction of sp³-hybridized carbons (Fsp3) is 0.545. The van der Waals surface area contributed by atoms with E-state index in [1.165, 1.54) is 44.1 Å². The second kappa shape index (κ2) is 21.7. The number of aliphatic hydroxyl groups is 1. The molecule has 0 spiro atoms. The summed E-state index contributed by atoms with van der Waals surface area (Å²) in [4.78, 5) is 35.5. The maximum absolute atomic E-state index is 12.9. The lowest BCUT2D eigenvalue weighted by atomic mass is 10.1. The molecule has 0 radical (unpaired) electrons. The molecule has 1 aromatic heterocycles. The van der Waals surface area contributed by atoms with Gasteiger partial charge in [0.1, 0.15) is 17.0 Å². The molecule has 0 atom stereocenters. The largest absolute Gasteiger partial charge is 0.494 e. The molecule has 0 unspecified atom stereocenters. The van der Waals surface area contributed by atoms with Crippen LogP contribution in [0.25, 0.3) is 22.3 Å². The van der Waals surface area contributed by atoms with Crippen molar-refractivity contribution in [2.75, 3.05) is 53.8 Å². The summed E-state index contributed by atoms with van der Waals surface area (Å²) in [6.07, 6.45) is 8.13. The zero-order valence-electron chi connectivity index (χ0n) is 27.4. The van der Waals surface area contributed by atoms with Crippen LogP contribution in [0.1, 0.15) is 75.7 Å². The smallest absolute Gasteiger partial charge is 0.274 e. The Morgan fingerprint density at radius 1 is 1.05 bits per heavy atom. The fourth-order valence-electron chi connectivity index (χ4n) is 4.61. The first-order chi connectivity index (χ1) is 21.0. The van der Waals surface area contributed by atoms with Gasteiger partial charge >= 0.3 is 0 Å². The number of H-pyrrole nitrogens is 1. The van der Waals surface area contributed by atoms with Crippen molar-refractivity contribution < 1.29 is 19.4 Å². The monoisotopic (exact) mass is 616 g/mol. The van der Waals surface area contributed by atoms with E-state index in [1.807, 2.05) is 46.1 Å². The van der Waals surface area contributed by atoms with Crippen LogP contribution in [0.15, 0.2) is 41.2 Å². The first-order valence-corrected chi connectivity index (χ1v) is 16.5. The van der Waals surface area contributed by atoms with Gasteiger partial charge in [0, 0.05) is 51.3 Å². The Morgan fingerprint density at radius 2 is 1.70 bits per heavy atom. The second-order valence-corrected chi connectivity index (χ2v) is 10.2. The lowest BCUT2D eigenvalue weighted by Gasteiger charge is -2.26. The number of benzene rings is 2. The highest BCUT2D eigenvalue weighted by molar-refractivity contribution is 7.96. The second-order valence-electron chi connectivity index (χ2n) is 9.33. The molecule has 3 heterocycles. The minimum Gasteiger partial charge on any atom is -0.494 e. The Labute approximate surface area is 262 Å². The van der Waals surface area contributed by atoms with Crippen LogP contribution in [0, 0.1) is 0 Å². The number of piperidine rings is 1. The van der Waals surface area contributed by atoms with E-state index in [4.69, 9.17) is 14.6 Å². The average Bonchev–Trinajstić information content (AvgIpc) is 3.67. The lowest BCUT2D eigenvalue weighted by molar-refractivity contribution is 0.0892. The van der Waals surface area contributed by atoms with Gasteiger partial charge in [-0.15, -0.1) is 0 Å². The summed E-state index contributed by atoms with van der Waals surface area (Å²) in [5.41, 5.74) is 3.41. The lowest BCUT2D eigenvalue weighted by Crippen LogP contribution is -2.29. The van der Waals surface area contributed by atoms with Crippen LogP contribution < -0.4 is 10.3 Å². The standard InChI is InChI=1S/C24H28N4O3S.C4H8O.2C2H6.CH4O/c1-27(32-3)24(30)18-9-7-8-17(14-18)21-23(29)25-19-12-16(13-20(31-2)22(19)26-21)15-28-10-5-4-6-11-28;1-2-4-5-3-1;3*1-2/h7-9,12-14H,4-6,10-11,15H2,1-3H3,(H,25,29);1-4H2;2*1-2H3;2H,1H3. The maximum atomic E-state index is 12.9. The van der Waals surface area contributed by atoms with E-state index in [2.05, 4.69) is 14.9 Å². The third-order valence-corrected chi connectivity index (χ3v) is 7.38. The fourth-order valence-corrected chi connectivity index (χ4v) is 4.88. The highest BCUT2D eigenvalue weighted by atomic mass is 32.2. The highest BCUT2D eigenvalue weighted by Gasteiger charge is 2.17. The number of carbonyl (C=O) groups is 1. The number of aromatic nitrogens is 2. The Balaban J connectivity index is 0.000000728. The molecule has 3 aromatic rings. The Bertz CT molecular complexity index is 1270. The zero-order chi connectivity index (χ0) is 32.2. The van der Waals surface area contributed by atoms with Crippen LogP contribution in [0.3, 0.4) is 0 Å². The van der Waals surface area contributed by atoms with Crippen molar-refractivity contribution in [2.45, 2.75) is 66.3 Å². The predicted molar refractivity (Wildman–Crippen MR) is 180 cm³/mol. The molecule has 2 aliphatic heterocycles. The van der Waals surface area contributed by atoms with E-state index in [1.54, 1.807) is 42.7 Å². The molecule has 0 aliphatic carbocycles. The normalized spacial score (nSPS) is 14.0. The summed E-state index contributed by atoms with van der Waals surface area (Å²) in [6, 6.07) is 11.0. The zero-order valence-corrected chi connectivity index (χ0v) is 28.2. The number of hydrogen-bond donors (Lipinski definition) is 2. The molecule has 9 nitrogen and oxygen atoms in total. The molecule has 2 aromatic carbocycles. The van der Waals surface area contributed by atoms with Crippen LogP contribution in [0.5, 0.6) is 5.75 Å². The number of methoxy groups -OCH3 is 1. The summed E-state index contributed by atoms with van der Waals surface area (Å²) in [5, 5.41) is 7.00. The van der Waals surface area contributed by atoms with Crippen molar-refractivity contribution >= 4 is 28.9 Å². The van der Waals surface area contributed by atoms with E-state index < -0.39 is 0 Å². The number of hydrogen-bond acceptors (Lipinski definition) is 8. The van der Waals surface area contributed by atoms with E-state index in [0.29, 0.717) is 27.9 Å². The summed E-state index contributed by atoms with van der Waals surface area (Å²) in [7, 11) is 4.33. The summed E-state index contributed by atoms with van der Waals surface area (Å²) in [6.45, 7) is 13.0. The minimum atomic E-state index is -0.294. The number of ether oxygens (including phenoxy) is 2. The molecule has 2 fully saturated rings. The number of aromatic amines is 1. The molecular weight excluding hydrogens is 564 g/mol. The third kappa shape index (κ3) is 11.6. The van der Waals surface area contributed by atoms with Crippen LogP contribution in [0.2, 0.25) is 0 Å². The van der Waals surface area contributed by atoms with Gasteiger partial charge in [-0.2, -0.15) is 0 Å². The molecule has 43 heavy (non-hydrogen) atoms. The summed E-state index contributed by atoms with van der Waals surface area (Å²) >= 11 is 1.33. The number of nitrogens with one attached hydrogen (secondary N) is 1. The maximum Gasteiger partial charge on any atom is 0.274 e. The number of amides is 1. The van der Waals surface area contributed by atoms with Crippen molar-refractivity contribution in [3.63, 3.8) is 0 Å². The van der Waals surface area contributed by atoms with E-state index >= 15 is 0 Å². The van der Waals surface area contributed by atoms with Crippen LogP contribution in [-0.2, 0) is 11.3 Å². The topological polar surface area (TPSA) is 108 Å².